The molecule has 2 aromatic rings. The molecule has 136 valence electrons. The molecular weight excluding hydrogens is 348 g/mol. The molecule has 3 rings (SSSR count). The van der Waals surface area contributed by atoms with Crippen molar-refractivity contribution in [1.82, 2.24) is 5.32 Å². The predicted octanol–water partition coefficient (Wildman–Crippen LogP) is 3.44. The third-order valence-electron chi connectivity index (χ3n) is 4.44. The monoisotopic (exact) mass is 370 g/mol. The molecule has 0 bridgehead atoms. The van der Waals surface area contributed by atoms with Crippen molar-refractivity contribution in [2.24, 2.45) is 0 Å². The van der Waals surface area contributed by atoms with Gasteiger partial charge in [-0.2, -0.15) is 0 Å². The quantitative estimate of drug-likeness (QED) is 0.896. The lowest BCUT2D eigenvalue weighted by Crippen LogP contribution is -2.38. The first kappa shape index (κ1) is 18.3. The van der Waals surface area contributed by atoms with Crippen LogP contribution in [0.1, 0.15) is 52.3 Å². The number of hydrogen-bond acceptors (Lipinski definition) is 4. The zero-order valence-electron chi connectivity index (χ0n) is 15.0. The van der Waals surface area contributed by atoms with Gasteiger partial charge in [0.1, 0.15) is 5.78 Å². The largest absolute Gasteiger partial charge is 0.352 e. The fourth-order valence-electron chi connectivity index (χ4n) is 3.22. The molecule has 1 aromatic carbocycles. The summed E-state index contributed by atoms with van der Waals surface area (Å²) in [5.74, 6) is -0.187. The van der Waals surface area contributed by atoms with Crippen molar-refractivity contribution in [2.45, 2.75) is 39.2 Å². The summed E-state index contributed by atoms with van der Waals surface area (Å²) in [6.45, 7) is 4.49. The number of Topliss-reactive ketones (excluding diaryl/α,β-unsaturated/α-hetero) is 1. The summed E-state index contributed by atoms with van der Waals surface area (Å²) in [4.78, 5) is 39.9. The number of hydrogen-bond donors (Lipinski definition) is 1. The molecule has 26 heavy (non-hydrogen) atoms. The second kappa shape index (κ2) is 7.83. The highest BCUT2D eigenvalue weighted by Gasteiger charge is 2.31. The zero-order valence-corrected chi connectivity index (χ0v) is 15.8. The molecule has 0 saturated heterocycles. The Morgan fingerprint density at radius 1 is 1.31 bits per heavy atom. The number of anilines is 1. The van der Waals surface area contributed by atoms with Gasteiger partial charge in [-0.1, -0.05) is 13.0 Å². The number of benzene rings is 1. The van der Waals surface area contributed by atoms with Crippen molar-refractivity contribution in [1.29, 1.82) is 0 Å². The number of carbonyl (C=O) groups excluding carboxylic acids is 3. The minimum atomic E-state index is -0.224. The molecule has 0 saturated carbocycles. The second-order valence-electron chi connectivity index (χ2n) is 6.52. The molecule has 0 aliphatic carbocycles. The van der Waals surface area contributed by atoms with Gasteiger partial charge in [-0.3, -0.25) is 14.4 Å². The lowest BCUT2D eigenvalue weighted by molar-refractivity contribution is -0.118. The number of ketones is 1. The Labute approximate surface area is 157 Å². The Hall–Kier alpha value is -2.47. The summed E-state index contributed by atoms with van der Waals surface area (Å²) in [5.41, 5.74) is 1.96. The number of thiophene rings is 1. The van der Waals surface area contributed by atoms with E-state index >= 15 is 0 Å². The highest BCUT2D eigenvalue weighted by Crippen LogP contribution is 2.31. The molecule has 0 spiro atoms. The van der Waals surface area contributed by atoms with Crippen LogP contribution in [-0.4, -0.2) is 30.2 Å². The molecule has 2 heterocycles. The van der Waals surface area contributed by atoms with Crippen LogP contribution in [0.15, 0.2) is 35.7 Å². The van der Waals surface area contributed by atoms with Gasteiger partial charge in [0.05, 0.1) is 4.88 Å². The van der Waals surface area contributed by atoms with Gasteiger partial charge in [-0.05, 0) is 48.6 Å². The normalized spacial score (nSPS) is 16.8. The topological polar surface area (TPSA) is 66.5 Å². The fourth-order valence-corrected chi connectivity index (χ4v) is 3.88. The summed E-state index contributed by atoms with van der Waals surface area (Å²) in [7, 11) is 0. The maximum atomic E-state index is 13.0. The van der Waals surface area contributed by atoms with Crippen LogP contribution < -0.4 is 10.2 Å². The first-order chi connectivity index (χ1) is 12.5. The molecular formula is C20H22N2O3S. The molecule has 0 radical (unpaired) electrons. The number of amides is 2. The summed E-state index contributed by atoms with van der Waals surface area (Å²) >= 11 is 1.39. The van der Waals surface area contributed by atoms with Crippen LogP contribution in [0.4, 0.5) is 5.69 Å². The number of fused-ring (bicyclic) bond motifs is 1. The van der Waals surface area contributed by atoms with Gasteiger partial charge in [0.2, 0.25) is 0 Å². The fraction of sp³-hybridized carbons (Fsp3) is 0.350. The van der Waals surface area contributed by atoms with Crippen molar-refractivity contribution in [3.63, 3.8) is 0 Å². The molecule has 1 aliphatic rings. The van der Waals surface area contributed by atoms with Crippen molar-refractivity contribution in [3.8, 4) is 0 Å². The van der Waals surface area contributed by atoms with E-state index in [4.69, 9.17) is 0 Å². The zero-order chi connectivity index (χ0) is 18.7. The molecule has 6 heteroatoms. The van der Waals surface area contributed by atoms with E-state index in [2.05, 4.69) is 5.32 Å². The molecule has 1 N–H and O–H groups in total. The maximum absolute atomic E-state index is 13.0. The number of rotatable bonds is 4. The van der Waals surface area contributed by atoms with Crippen LogP contribution in [0.3, 0.4) is 0 Å². The molecule has 1 aliphatic heterocycles. The van der Waals surface area contributed by atoms with Crippen molar-refractivity contribution in [3.05, 3.63) is 51.7 Å². The van der Waals surface area contributed by atoms with E-state index in [9.17, 15) is 14.4 Å². The summed E-state index contributed by atoms with van der Waals surface area (Å²) in [6.07, 6.45) is 1.40. The van der Waals surface area contributed by atoms with Crippen LogP contribution in [-0.2, 0) is 11.2 Å². The van der Waals surface area contributed by atoms with Gasteiger partial charge in [0, 0.05) is 36.7 Å². The summed E-state index contributed by atoms with van der Waals surface area (Å²) < 4.78 is 0. The molecule has 2 amide bonds. The standard InChI is InChI=1S/C20H22N2O3S/c1-3-8-21-19(24)14-6-7-17-15(11-14)12-16(23)10-13(2)22(17)20(25)18-5-4-9-26-18/h4-7,9,11,13H,3,8,10,12H2,1-2H3,(H,21,24). The van der Waals surface area contributed by atoms with Crippen LogP contribution in [0.2, 0.25) is 0 Å². The Morgan fingerprint density at radius 2 is 2.12 bits per heavy atom. The van der Waals surface area contributed by atoms with E-state index in [0.717, 1.165) is 12.0 Å². The maximum Gasteiger partial charge on any atom is 0.268 e. The highest BCUT2D eigenvalue weighted by atomic mass is 32.1. The summed E-state index contributed by atoms with van der Waals surface area (Å²) in [5, 5.41) is 4.71. The Bertz CT molecular complexity index is 830. The van der Waals surface area contributed by atoms with Crippen LogP contribution >= 0.6 is 11.3 Å². The first-order valence-electron chi connectivity index (χ1n) is 8.81. The molecule has 1 atom stereocenters. The van der Waals surface area contributed by atoms with Crippen LogP contribution in [0.5, 0.6) is 0 Å². The van der Waals surface area contributed by atoms with E-state index in [0.29, 0.717) is 29.1 Å². The minimum Gasteiger partial charge on any atom is -0.352 e. The lowest BCUT2D eigenvalue weighted by atomic mass is 10.0. The van der Waals surface area contributed by atoms with Crippen molar-refractivity contribution >= 4 is 34.6 Å². The van der Waals surface area contributed by atoms with Gasteiger partial charge in [0.25, 0.3) is 11.8 Å². The minimum absolute atomic E-state index is 0.0753. The van der Waals surface area contributed by atoms with Crippen molar-refractivity contribution in [2.75, 3.05) is 11.4 Å². The highest BCUT2D eigenvalue weighted by molar-refractivity contribution is 7.12. The molecule has 1 aromatic heterocycles. The first-order valence-corrected chi connectivity index (χ1v) is 9.69. The Balaban J connectivity index is 2.00. The molecule has 0 fully saturated rings. The smallest absolute Gasteiger partial charge is 0.268 e. The van der Waals surface area contributed by atoms with Crippen molar-refractivity contribution < 1.29 is 14.4 Å². The second-order valence-corrected chi connectivity index (χ2v) is 7.47. The average molecular weight is 370 g/mol. The van der Waals surface area contributed by atoms with E-state index in [1.54, 1.807) is 29.2 Å². The Morgan fingerprint density at radius 3 is 2.81 bits per heavy atom. The van der Waals surface area contributed by atoms with Gasteiger partial charge >= 0.3 is 0 Å². The molecule has 5 nitrogen and oxygen atoms in total. The lowest BCUT2D eigenvalue weighted by Gasteiger charge is -2.28. The summed E-state index contributed by atoms with van der Waals surface area (Å²) in [6, 6.07) is 8.66. The molecule has 1 unspecified atom stereocenters. The van der Waals surface area contributed by atoms with E-state index in [1.807, 2.05) is 25.3 Å². The van der Waals surface area contributed by atoms with Gasteiger partial charge < -0.3 is 10.2 Å². The third-order valence-corrected chi connectivity index (χ3v) is 5.30. The van der Waals surface area contributed by atoms with E-state index in [1.165, 1.54) is 11.3 Å². The number of nitrogens with one attached hydrogen (secondary N) is 1. The SMILES string of the molecule is CCCNC(=O)c1ccc2c(c1)CC(=O)CC(C)N2C(=O)c1cccs1. The van der Waals surface area contributed by atoms with Gasteiger partial charge in [0.15, 0.2) is 0 Å². The van der Waals surface area contributed by atoms with Crippen LogP contribution in [0, 0.1) is 0 Å². The predicted molar refractivity (Wildman–Crippen MR) is 103 cm³/mol. The van der Waals surface area contributed by atoms with E-state index in [-0.39, 0.29) is 30.1 Å². The van der Waals surface area contributed by atoms with Crippen LogP contribution in [0.25, 0.3) is 0 Å². The number of carbonyl (C=O) groups is 3. The number of nitrogens with zero attached hydrogens (tertiary/aromatic N) is 1. The Kier molecular flexibility index (Phi) is 5.52. The third kappa shape index (κ3) is 3.70. The van der Waals surface area contributed by atoms with Gasteiger partial charge in [-0.15, -0.1) is 11.3 Å². The van der Waals surface area contributed by atoms with Gasteiger partial charge in [-0.25, -0.2) is 0 Å². The van der Waals surface area contributed by atoms with E-state index < -0.39 is 0 Å². The average Bonchev–Trinajstić information content (AvgIpc) is 3.11.